The number of carbonyl (C=O) groups excluding carboxylic acids is 1. The van der Waals surface area contributed by atoms with Crippen molar-refractivity contribution in [3.05, 3.63) is 30.0 Å². The minimum Gasteiger partial charge on any atom is -0.496 e. The summed E-state index contributed by atoms with van der Waals surface area (Å²) in [7, 11) is 1.52. The molecule has 1 aliphatic heterocycles. The number of pyridine rings is 1. The van der Waals surface area contributed by atoms with Crippen LogP contribution in [0.4, 0.5) is 5.82 Å². The zero-order valence-electron chi connectivity index (χ0n) is 12.4. The molecule has 116 valence electrons. The third-order valence-electron chi connectivity index (χ3n) is 3.83. The molecular weight excluding hydrogens is 282 g/mol. The van der Waals surface area contributed by atoms with Gasteiger partial charge in [-0.15, -0.1) is 0 Å². The summed E-state index contributed by atoms with van der Waals surface area (Å²) >= 11 is 0. The monoisotopic (exact) mass is 301 g/mol. The number of benzene rings is 1. The maximum atomic E-state index is 11.5. The van der Waals surface area contributed by atoms with Crippen LogP contribution in [0.3, 0.4) is 0 Å². The van der Waals surface area contributed by atoms with Crippen molar-refractivity contribution in [3.8, 4) is 5.75 Å². The zero-order valence-corrected chi connectivity index (χ0v) is 12.4. The van der Waals surface area contributed by atoms with Crippen molar-refractivity contribution in [2.75, 3.05) is 31.6 Å². The Morgan fingerprint density at radius 2 is 2.32 bits per heavy atom. The number of ether oxygens (including phenoxy) is 1. The predicted octanol–water partition coefficient (Wildman–Crippen LogP) is 0.0367. The van der Waals surface area contributed by atoms with E-state index in [1.54, 1.807) is 12.3 Å². The number of rotatable bonds is 3. The largest absolute Gasteiger partial charge is 0.496 e. The van der Waals surface area contributed by atoms with E-state index in [9.17, 15) is 4.79 Å². The highest BCUT2D eigenvalue weighted by Gasteiger charge is 2.20. The number of primary amides is 1. The molecule has 2 heterocycles. The average Bonchev–Trinajstić information content (AvgIpc) is 2.52. The molecule has 0 radical (unpaired) electrons. The van der Waals surface area contributed by atoms with Gasteiger partial charge in [0.15, 0.2) is 0 Å². The van der Waals surface area contributed by atoms with Gasteiger partial charge in [0.25, 0.3) is 5.91 Å². The lowest BCUT2D eigenvalue weighted by Crippen LogP contribution is -2.55. The van der Waals surface area contributed by atoms with Crippen molar-refractivity contribution >= 4 is 22.5 Å². The van der Waals surface area contributed by atoms with Crippen molar-refractivity contribution in [2.45, 2.75) is 6.17 Å². The highest BCUT2D eigenvalue weighted by molar-refractivity contribution is 6.03. The van der Waals surface area contributed by atoms with E-state index in [0.29, 0.717) is 17.9 Å². The van der Waals surface area contributed by atoms with E-state index >= 15 is 0 Å². The van der Waals surface area contributed by atoms with Gasteiger partial charge in [0.05, 0.1) is 18.8 Å². The van der Waals surface area contributed by atoms with Gasteiger partial charge in [-0.2, -0.15) is 0 Å². The number of hydrogen-bond acceptors (Lipinski definition) is 6. The van der Waals surface area contributed by atoms with Crippen molar-refractivity contribution in [2.24, 2.45) is 11.5 Å². The van der Waals surface area contributed by atoms with E-state index in [2.05, 4.69) is 15.2 Å². The molecule has 3 rings (SSSR count). The van der Waals surface area contributed by atoms with Crippen LogP contribution in [0.25, 0.3) is 10.8 Å². The number of carbonyl (C=O) groups is 1. The normalized spacial score (nSPS) is 18.5. The fourth-order valence-corrected chi connectivity index (χ4v) is 2.77. The highest BCUT2D eigenvalue weighted by Crippen LogP contribution is 2.31. The summed E-state index contributed by atoms with van der Waals surface area (Å²) in [5.41, 5.74) is 11.7. The lowest BCUT2D eigenvalue weighted by molar-refractivity contribution is 0.0997. The second-order valence-electron chi connectivity index (χ2n) is 5.28. The fraction of sp³-hybridized carbons (Fsp3) is 0.333. The van der Waals surface area contributed by atoms with Crippen molar-refractivity contribution < 1.29 is 9.53 Å². The van der Waals surface area contributed by atoms with Gasteiger partial charge in [-0.3, -0.25) is 10.1 Å². The van der Waals surface area contributed by atoms with Crippen LogP contribution in [0.15, 0.2) is 24.4 Å². The van der Waals surface area contributed by atoms with Crippen LogP contribution in [0.2, 0.25) is 0 Å². The lowest BCUT2D eigenvalue weighted by Gasteiger charge is -2.33. The molecule has 7 nitrogen and oxygen atoms in total. The Balaban J connectivity index is 2.13. The quantitative estimate of drug-likeness (QED) is 0.739. The Hall–Kier alpha value is -2.38. The van der Waals surface area contributed by atoms with Crippen LogP contribution in [0, 0.1) is 0 Å². The number of fused-ring (bicyclic) bond motifs is 1. The molecule has 1 aliphatic rings. The van der Waals surface area contributed by atoms with Gasteiger partial charge in [0.1, 0.15) is 11.6 Å². The molecule has 0 bridgehead atoms. The minimum absolute atomic E-state index is 0.0856. The smallest absolute Gasteiger partial charge is 0.252 e. The Morgan fingerprint density at radius 1 is 1.50 bits per heavy atom. The topological polar surface area (TPSA) is 106 Å². The number of anilines is 1. The highest BCUT2D eigenvalue weighted by atomic mass is 16.5. The van der Waals surface area contributed by atoms with Crippen molar-refractivity contribution in [1.82, 2.24) is 10.3 Å². The second-order valence-corrected chi connectivity index (χ2v) is 5.28. The molecule has 2 aromatic rings. The van der Waals surface area contributed by atoms with Crippen LogP contribution in [-0.4, -0.2) is 43.8 Å². The molecule has 22 heavy (non-hydrogen) atoms. The Labute approximate surface area is 128 Å². The molecule has 1 atom stereocenters. The molecule has 0 spiro atoms. The van der Waals surface area contributed by atoms with E-state index in [0.717, 1.165) is 29.7 Å². The maximum Gasteiger partial charge on any atom is 0.252 e. The van der Waals surface area contributed by atoms with Crippen LogP contribution < -0.4 is 26.4 Å². The molecular formula is C15H19N5O2. The Bertz CT molecular complexity index is 718. The first-order valence-corrected chi connectivity index (χ1v) is 7.10. The fourth-order valence-electron chi connectivity index (χ4n) is 2.77. The molecule has 0 unspecified atom stereocenters. The van der Waals surface area contributed by atoms with E-state index in [-0.39, 0.29) is 6.17 Å². The van der Waals surface area contributed by atoms with E-state index < -0.39 is 5.91 Å². The number of nitrogens with one attached hydrogen (secondary N) is 1. The van der Waals surface area contributed by atoms with Crippen LogP contribution >= 0.6 is 0 Å². The van der Waals surface area contributed by atoms with Gasteiger partial charge in [-0.25, -0.2) is 4.98 Å². The third kappa shape index (κ3) is 2.56. The number of methoxy groups -OCH3 is 1. The first kappa shape index (κ1) is 14.6. The molecule has 1 aromatic heterocycles. The van der Waals surface area contributed by atoms with Crippen LogP contribution in [0.5, 0.6) is 5.75 Å². The third-order valence-corrected chi connectivity index (χ3v) is 3.83. The number of amides is 1. The van der Waals surface area contributed by atoms with Gasteiger partial charge in [-0.05, 0) is 23.6 Å². The van der Waals surface area contributed by atoms with Crippen molar-refractivity contribution in [1.29, 1.82) is 0 Å². The summed E-state index contributed by atoms with van der Waals surface area (Å²) in [4.78, 5) is 18.2. The van der Waals surface area contributed by atoms with E-state index in [1.165, 1.54) is 7.11 Å². The molecule has 1 aromatic carbocycles. The summed E-state index contributed by atoms with van der Waals surface area (Å²) in [5, 5.41) is 5.01. The van der Waals surface area contributed by atoms with Crippen molar-refractivity contribution in [3.63, 3.8) is 0 Å². The molecule has 1 saturated heterocycles. The molecule has 1 fully saturated rings. The number of nitrogens with zero attached hydrogens (tertiary/aromatic N) is 2. The second kappa shape index (κ2) is 5.78. The standard InChI is InChI=1S/C15H19N5O2/c1-22-12-7-10-9(6-11(12)14(17)21)2-3-19-15(10)20-5-4-18-13(16)8-20/h2-3,6-7,13,18H,4-5,8,16H2,1H3,(H2,17,21)/t13-/m0/s1. The summed E-state index contributed by atoms with van der Waals surface area (Å²) in [5.74, 6) is 0.777. The van der Waals surface area contributed by atoms with Gasteiger partial charge >= 0.3 is 0 Å². The first-order chi connectivity index (χ1) is 10.6. The maximum absolute atomic E-state index is 11.5. The summed E-state index contributed by atoms with van der Waals surface area (Å²) in [6.07, 6.45) is 1.64. The van der Waals surface area contributed by atoms with E-state index in [4.69, 9.17) is 16.2 Å². The number of aromatic nitrogens is 1. The number of nitrogens with two attached hydrogens (primary N) is 2. The Kier molecular flexibility index (Phi) is 3.82. The lowest BCUT2D eigenvalue weighted by atomic mass is 10.1. The number of piperazine rings is 1. The summed E-state index contributed by atoms with van der Waals surface area (Å²) in [6, 6.07) is 5.40. The minimum atomic E-state index is -0.513. The van der Waals surface area contributed by atoms with Gasteiger partial charge in [0.2, 0.25) is 0 Å². The summed E-state index contributed by atoms with van der Waals surface area (Å²) < 4.78 is 5.29. The predicted molar refractivity (Wildman–Crippen MR) is 85.0 cm³/mol. The van der Waals surface area contributed by atoms with Gasteiger partial charge in [-0.1, -0.05) is 0 Å². The molecule has 0 saturated carbocycles. The molecule has 5 N–H and O–H groups in total. The van der Waals surface area contributed by atoms with Gasteiger partial charge < -0.3 is 21.1 Å². The van der Waals surface area contributed by atoms with Gasteiger partial charge in [0, 0.05) is 31.2 Å². The molecule has 7 heteroatoms. The first-order valence-electron chi connectivity index (χ1n) is 7.10. The average molecular weight is 301 g/mol. The van der Waals surface area contributed by atoms with Crippen LogP contribution in [0.1, 0.15) is 10.4 Å². The zero-order chi connectivity index (χ0) is 15.7. The molecule has 0 aliphatic carbocycles. The van der Waals surface area contributed by atoms with E-state index in [1.807, 2.05) is 12.1 Å². The number of hydrogen-bond donors (Lipinski definition) is 3. The SMILES string of the molecule is COc1cc2c(N3CCN[C@H](N)C3)nccc2cc1C(N)=O. The Morgan fingerprint density at radius 3 is 3.00 bits per heavy atom. The molecule has 1 amide bonds. The van der Waals surface area contributed by atoms with Crippen LogP contribution in [-0.2, 0) is 0 Å². The summed E-state index contributed by atoms with van der Waals surface area (Å²) in [6.45, 7) is 2.29.